The number of benzene rings is 9. The summed E-state index contributed by atoms with van der Waals surface area (Å²) >= 11 is 0. The van der Waals surface area contributed by atoms with Gasteiger partial charge in [0.05, 0.1) is 0 Å². The number of furan rings is 1. The van der Waals surface area contributed by atoms with Crippen molar-refractivity contribution < 1.29 is 4.42 Å². The maximum Gasteiger partial charge on any atom is 0.143 e. The van der Waals surface area contributed by atoms with Crippen molar-refractivity contribution in [2.75, 3.05) is 4.90 Å². The smallest absolute Gasteiger partial charge is 0.143 e. The molecule has 0 amide bonds. The standard InChI is InChI=1S/C57H41NO/c1-3-12-39(13-4-2)46-17-9-19-50(37-46)58(49-33-30-42(31-34-49)41-24-26-43(27-25-41)47-29-28-40-14-5-6-16-45(40)36-47)51-20-10-18-48(38-51)52-22-11-23-55-56(52)54-35-32-44-15-7-8-21-53(44)57(54)59-55/h3-38H,1H2,2H3/b13-4-,39-12+. The van der Waals surface area contributed by atoms with Gasteiger partial charge < -0.3 is 9.32 Å². The Labute approximate surface area is 344 Å². The van der Waals surface area contributed by atoms with Crippen LogP contribution in [0.3, 0.4) is 0 Å². The highest BCUT2D eigenvalue weighted by atomic mass is 16.3. The molecule has 0 aliphatic rings. The molecule has 0 radical (unpaired) electrons. The van der Waals surface area contributed by atoms with E-state index in [2.05, 4.69) is 224 Å². The first-order valence-corrected chi connectivity index (χ1v) is 20.1. The largest absolute Gasteiger partial charge is 0.455 e. The van der Waals surface area contributed by atoms with Crippen LogP contribution >= 0.6 is 0 Å². The highest BCUT2D eigenvalue weighted by Gasteiger charge is 2.18. The molecule has 1 heterocycles. The lowest BCUT2D eigenvalue weighted by atomic mass is 9.97. The average molecular weight is 756 g/mol. The molecule has 9 aromatic carbocycles. The van der Waals surface area contributed by atoms with Gasteiger partial charge in [0, 0.05) is 33.2 Å². The van der Waals surface area contributed by atoms with Crippen molar-refractivity contribution >= 4 is 66.1 Å². The molecule has 0 unspecified atom stereocenters. The predicted octanol–water partition coefficient (Wildman–Crippen LogP) is 16.5. The maximum atomic E-state index is 6.58. The molecule has 0 saturated carbocycles. The van der Waals surface area contributed by atoms with Gasteiger partial charge in [-0.25, -0.2) is 0 Å². The molecule has 0 fully saturated rings. The van der Waals surface area contributed by atoms with E-state index in [1.165, 1.54) is 32.8 Å². The van der Waals surface area contributed by atoms with Crippen LogP contribution in [0, 0.1) is 0 Å². The zero-order valence-corrected chi connectivity index (χ0v) is 32.8. The van der Waals surface area contributed by atoms with Crippen molar-refractivity contribution in [2.45, 2.75) is 6.92 Å². The van der Waals surface area contributed by atoms with E-state index < -0.39 is 0 Å². The van der Waals surface area contributed by atoms with E-state index in [1.807, 2.05) is 13.0 Å². The normalized spacial score (nSPS) is 11.9. The quantitative estimate of drug-likeness (QED) is 0.136. The summed E-state index contributed by atoms with van der Waals surface area (Å²) in [5.41, 5.74) is 14.2. The van der Waals surface area contributed by atoms with Crippen molar-refractivity contribution in [1.29, 1.82) is 0 Å². The summed E-state index contributed by atoms with van der Waals surface area (Å²) in [7, 11) is 0. The maximum absolute atomic E-state index is 6.58. The first-order chi connectivity index (χ1) is 29.1. The van der Waals surface area contributed by atoms with E-state index in [0.717, 1.165) is 72.2 Å². The minimum absolute atomic E-state index is 0.884. The number of allylic oxidation sites excluding steroid dienone is 5. The van der Waals surface area contributed by atoms with Gasteiger partial charge in [0.1, 0.15) is 11.2 Å². The van der Waals surface area contributed by atoms with Gasteiger partial charge in [-0.05, 0) is 122 Å². The van der Waals surface area contributed by atoms with E-state index in [-0.39, 0.29) is 0 Å². The molecule has 0 N–H and O–H groups in total. The molecule has 280 valence electrons. The van der Waals surface area contributed by atoms with Crippen molar-refractivity contribution in [3.05, 3.63) is 231 Å². The van der Waals surface area contributed by atoms with Gasteiger partial charge in [-0.1, -0.05) is 170 Å². The van der Waals surface area contributed by atoms with Crippen molar-refractivity contribution in [3.8, 4) is 33.4 Å². The van der Waals surface area contributed by atoms with E-state index >= 15 is 0 Å². The third kappa shape index (κ3) is 6.71. The number of hydrogen-bond acceptors (Lipinski definition) is 2. The molecule has 1 aromatic heterocycles. The van der Waals surface area contributed by atoms with Crippen LogP contribution in [0.1, 0.15) is 12.5 Å². The Balaban J connectivity index is 1.06. The SMILES string of the molecule is C=C/C=C(\C=C/C)c1cccc(N(c2ccc(-c3ccc(-c4ccc5ccccc5c4)cc3)cc2)c2cccc(-c3cccc4oc5c6ccccc6ccc5c34)c2)c1. The molecule has 0 atom stereocenters. The molecule has 0 saturated heterocycles. The van der Waals surface area contributed by atoms with Crippen LogP contribution in [0.2, 0.25) is 0 Å². The van der Waals surface area contributed by atoms with Gasteiger partial charge in [0.2, 0.25) is 0 Å². The molecule has 0 aliphatic heterocycles. The number of rotatable bonds is 9. The fourth-order valence-electron chi connectivity index (χ4n) is 8.46. The zero-order chi connectivity index (χ0) is 39.7. The van der Waals surface area contributed by atoms with Crippen LogP contribution < -0.4 is 4.90 Å². The van der Waals surface area contributed by atoms with Crippen LogP contribution in [-0.4, -0.2) is 0 Å². The van der Waals surface area contributed by atoms with Gasteiger partial charge in [0.25, 0.3) is 0 Å². The predicted molar refractivity (Wildman–Crippen MR) is 253 cm³/mol. The fraction of sp³-hybridized carbons (Fsp3) is 0.0175. The van der Waals surface area contributed by atoms with Gasteiger partial charge in [0.15, 0.2) is 0 Å². The molecule has 59 heavy (non-hydrogen) atoms. The molecule has 0 spiro atoms. The molecular weight excluding hydrogens is 715 g/mol. The number of fused-ring (bicyclic) bond motifs is 6. The van der Waals surface area contributed by atoms with Crippen molar-refractivity contribution in [2.24, 2.45) is 0 Å². The second-order valence-electron chi connectivity index (χ2n) is 14.9. The number of anilines is 3. The van der Waals surface area contributed by atoms with Crippen LogP contribution in [0.15, 0.2) is 229 Å². The summed E-state index contributed by atoms with van der Waals surface area (Å²) in [6, 6.07) is 69.8. The Morgan fingerprint density at radius 1 is 0.492 bits per heavy atom. The van der Waals surface area contributed by atoms with Crippen molar-refractivity contribution in [3.63, 3.8) is 0 Å². The summed E-state index contributed by atoms with van der Waals surface area (Å²) in [6.45, 7) is 6.03. The molecular formula is C57H41NO. The number of nitrogens with zero attached hydrogens (tertiary/aromatic N) is 1. The first kappa shape index (κ1) is 35.7. The summed E-state index contributed by atoms with van der Waals surface area (Å²) in [6.07, 6.45) is 8.10. The molecule has 2 nitrogen and oxygen atoms in total. The Kier molecular flexibility index (Phi) is 9.29. The van der Waals surface area contributed by atoms with Crippen LogP contribution in [0.4, 0.5) is 17.1 Å². The van der Waals surface area contributed by atoms with Gasteiger partial charge in [-0.3, -0.25) is 0 Å². The second-order valence-corrected chi connectivity index (χ2v) is 14.9. The second kappa shape index (κ2) is 15.3. The Morgan fingerprint density at radius 3 is 1.92 bits per heavy atom. The molecule has 10 aromatic rings. The minimum atomic E-state index is 0.884. The summed E-state index contributed by atoms with van der Waals surface area (Å²) in [4.78, 5) is 2.35. The molecule has 0 bridgehead atoms. The summed E-state index contributed by atoms with van der Waals surface area (Å²) in [5.74, 6) is 0. The molecule has 10 rings (SSSR count). The minimum Gasteiger partial charge on any atom is -0.455 e. The molecule has 2 heteroatoms. The Hall–Kier alpha value is -7.68. The monoisotopic (exact) mass is 755 g/mol. The summed E-state index contributed by atoms with van der Waals surface area (Å²) in [5, 5.41) is 7.05. The fourth-order valence-corrected chi connectivity index (χ4v) is 8.46. The van der Waals surface area contributed by atoms with Gasteiger partial charge >= 0.3 is 0 Å². The topological polar surface area (TPSA) is 16.4 Å². The third-order valence-electron chi connectivity index (χ3n) is 11.3. The Morgan fingerprint density at radius 2 is 1.14 bits per heavy atom. The first-order valence-electron chi connectivity index (χ1n) is 20.1. The van der Waals surface area contributed by atoms with E-state index in [9.17, 15) is 0 Å². The average Bonchev–Trinajstić information content (AvgIpc) is 3.69. The van der Waals surface area contributed by atoms with E-state index in [1.54, 1.807) is 0 Å². The van der Waals surface area contributed by atoms with E-state index in [0.29, 0.717) is 0 Å². The number of hydrogen-bond donors (Lipinski definition) is 0. The highest BCUT2D eigenvalue weighted by Crippen LogP contribution is 2.43. The van der Waals surface area contributed by atoms with Crippen LogP contribution in [0.5, 0.6) is 0 Å². The lowest BCUT2D eigenvalue weighted by molar-refractivity contribution is 0.673. The van der Waals surface area contributed by atoms with Crippen LogP contribution in [-0.2, 0) is 0 Å². The van der Waals surface area contributed by atoms with Gasteiger partial charge in [-0.2, -0.15) is 0 Å². The lowest BCUT2D eigenvalue weighted by Gasteiger charge is -2.27. The highest BCUT2D eigenvalue weighted by molar-refractivity contribution is 6.19. The third-order valence-corrected chi connectivity index (χ3v) is 11.3. The summed E-state index contributed by atoms with van der Waals surface area (Å²) < 4.78 is 6.58. The lowest BCUT2D eigenvalue weighted by Crippen LogP contribution is -2.10. The van der Waals surface area contributed by atoms with Crippen LogP contribution in [0.25, 0.3) is 82.4 Å². The Bertz CT molecular complexity index is 3230. The zero-order valence-electron chi connectivity index (χ0n) is 32.8. The van der Waals surface area contributed by atoms with Crippen molar-refractivity contribution in [1.82, 2.24) is 0 Å². The van der Waals surface area contributed by atoms with E-state index in [4.69, 9.17) is 4.42 Å². The molecule has 0 aliphatic carbocycles. The van der Waals surface area contributed by atoms with Gasteiger partial charge in [-0.15, -0.1) is 0 Å².